The zero-order valence-electron chi connectivity index (χ0n) is 10.4. The van der Waals surface area contributed by atoms with Crippen LogP contribution in [-0.2, 0) is 9.53 Å². The van der Waals surface area contributed by atoms with Crippen LogP contribution in [0.3, 0.4) is 0 Å². The molecule has 1 N–H and O–H groups in total. The first-order valence-corrected chi connectivity index (χ1v) is 6.78. The van der Waals surface area contributed by atoms with E-state index >= 15 is 0 Å². The van der Waals surface area contributed by atoms with Gasteiger partial charge in [0.15, 0.2) is 0 Å². The fraction of sp³-hybridized carbons (Fsp3) is 0.923. The summed E-state index contributed by atoms with van der Waals surface area (Å²) in [5.41, 5.74) is 0. The molecule has 2 saturated heterocycles. The molecule has 0 aliphatic carbocycles. The predicted molar refractivity (Wildman–Crippen MR) is 64.5 cm³/mol. The molecule has 0 aromatic carbocycles. The molecule has 2 aliphatic heterocycles. The summed E-state index contributed by atoms with van der Waals surface area (Å²) in [6, 6.07) is 0. The molecule has 1 amide bonds. The first kappa shape index (κ1) is 12.8. The quantitative estimate of drug-likeness (QED) is 0.803. The smallest absolute Gasteiger partial charge is 0.225 e. The Morgan fingerprint density at radius 1 is 1.29 bits per heavy atom. The Labute approximate surface area is 103 Å². The molecule has 0 bridgehead atoms. The summed E-state index contributed by atoms with van der Waals surface area (Å²) in [5, 5.41) is 8.97. The molecule has 4 nitrogen and oxygen atoms in total. The number of aliphatic hydroxyl groups is 1. The normalized spacial score (nSPS) is 27.1. The predicted octanol–water partition coefficient (Wildman–Crippen LogP) is 1.03. The van der Waals surface area contributed by atoms with Crippen LogP contribution in [0.15, 0.2) is 0 Å². The maximum Gasteiger partial charge on any atom is 0.225 e. The van der Waals surface area contributed by atoms with Crippen LogP contribution < -0.4 is 0 Å². The van der Waals surface area contributed by atoms with Gasteiger partial charge in [-0.25, -0.2) is 0 Å². The van der Waals surface area contributed by atoms with Crippen molar-refractivity contribution in [2.45, 2.75) is 32.1 Å². The number of hydrogen-bond donors (Lipinski definition) is 1. The van der Waals surface area contributed by atoms with E-state index in [9.17, 15) is 4.79 Å². The summed E-state index contributed by atoms with van der Waals surface area (Å²) < 4.78 is 5.29. The summed E-state index contributed by atoms with van der Waals surface area (Å²) in [4.78, 5) is 14.3. The van der Waals surface area contributed by atoms with Gasteiger partial charge in [0.1, 0.15) is 0 Å². The first-order valence-electron chi connectivity index (χ1n) is 6.78. The van der Waals surface area contributed by atoms with Crippen LogP contribution in [0, 0.1) is 11.8 Å². The number of aliphatic hydroxyl groups excluding tert-OH is 1. The molecular weight excluding hydrogens is 218 g/mol. The number of ether oxygens (including phenoxy) is 1. The highest BCUT2D eigenvalue weighted by molar-refractivity contribution is 5.79. The van der Waals surface area contributed by atoms with Gasteiger partial charge in [-0.3, -0.25) is 4.79 Å². The number of amides is 1. The van der Waals surface area contributed by atoms with Crippen molar-refractivity contribution in [2.24, 2.45) is 11.8 Å². The Balaban J connectivity index is 1.85. The van der Waals surface area contributed by atoms with Crippen molar-refractivity contribution in [1.29, 1.82) is 0 Å². The Kier molecular flexibility index (Phi) is 4.80. The monoisotopic (exact) mass is 241 g/mol. The van der Waals surface area contributed by atoms with Crippen LogP contribution in [0.4, 0.5) is 0 Å². The number of hydrogen-bond acceptors (Lipinski definition) is 3. The molecule has 2 aliphatic rings. The van der Waals surface area contributed by atoms with E-state index in [4.69, 9.17) is 9.84 Å². The van der Waals surface area contributed by atoms with Crippen molar-refractivity contribution in [2.75, 3.05) is 32.9 Å². The Morgan fingerprint density at radius 2 is 2.06 bits per heavy atom. The molecule has 1 atom stereocenters. The number of rotatable bonds is 3. The second kappa shape index (κ2) is 6.36. The van der Waals surface area contributed by atoms with Crippen molar-refractivity contribution < 1.29 is 14.6 Å². The number of nitrogens with zero attached hydrogens (tertiary/aromatic N) is 1. The molecule has 0 aromatic heterocycles. The van der Waals surface area contributed by atoms with Gasteiger partial charge in [-0.05, 0) is 38.0 Å². The first-order chi connectivity index (χ1) is 8.31. The zero-order chi connectivity index (χ0) is 12.1. The maximum absolute atomic E-state index is 12.3. The van der Waals surface area contributed by atoms with Gasteiger partial charge in [-0.15, -0.1) is 0 Å². The van der Waals surface area contributed by atoms with E-state index in [0.29, 0.717) is 11.8 Å². The van der Waals surface area contributed by atoms with Gasteiger partial charge in [0.25, 0.3) is 0 Å². The Bertz CT molecular complexity index is 249. The van der Waals surface area contributed by atoms with Crippen LogP contribution in [0.25, 0.3) is 0 Å². The number of carbonyl (C=O) groups excluding carboxylic acids is 1. The number of carbonyl (C=O) groups is 1. The molecule has 17 heavy (non-hydrogen) atoms. The minimum atomic E-state index is 0.177. The summed E-state index contributed by atoms with van der Waals surface area (Å²) in [7, 11) is 0. The fourth-order valence-corrected chi connectivity index (χ4v) is 2.89. The van der Waals surface area contributed by atoms with E-state index < -0.39 is 0 Å². The second-order valence-corrected chi connectivity index (χ2v) is 5.19. The molecular formula is C13H23NO3. The van der Waals surface area contributed by atoms with E-state index in [2.05, 4.69) is 0 Å². The summed E-state index contributed by atoms with van der Waals surface area (Å²) in [6.45, 7) is 3.44. The molecule has 2 rings (SSSR count). The number of piperidine rings is 1. The molecule has 4 heteroatoms. The molecule has 2 fully saturated rings. The van der Waals surface area contributed by atoms with Gasteiger partial charge >= 0.3 is 0 Å². The van der Waals surface area contributed by atoms with Crippen molar-refractivity contribution >= 4 is 5.91 Å². The molecule has 2 heterocycles. The van der Waals surface area contributed by atoms with Crippen LogP contribution in [0.1, 0.15) is 32.1 Å². The topological polar surface area (TPSA) is 49.8 Å². The zero-order valence-corrected chi connectivity index (χ0v) is 10.4. The number of likely N-dealkylation sites (tertiary alicyclic amines) is 1. The third kappa shape index (κ3) is 3.42. The van der Waals surface area contributed by atoms with Crippen molar-refractivity contribution in [3.8, 4) is 0 Å². The lowest BCUT2D eigenvalue weighted by Crippen LogP contribution is -2.44. The SMILES string of the molecule is O=C(C1CCOCC1)N1CCCC(CCO)C1. The average molecular weight is 241 g/mol. The van der Waals surface area contributed by atoms with Gasteiger partial charge in [-0.1, -0.05) is 0 Å². The minimum Gasteiger partial charge on any atom is -0.396 e. The highest BCUT2D eigenvalue weighted by Gasteiger charge is 2.29. The minimum absolute atomic E-state index is 0.177. The van der Waals surface area contributed by atoms with E-state index in [1.165, 1.54) is 0 Å². The van der Waals surface area contributed by atoms with Gasteiger partial charge in [-0.2, -0.15) is 0 Å². The van der Waals surface area contributed by atoms with Crippen LogP contribution in [0.5, 0.6) is 0 Å². The van der Waals surface area contributed by atoms with Gasteiger partial charge in [0.05, 0.1) is 0 Å². The van der Waals surface area contributed by atoms with E-state index in [1.54, 1.807) is 0 Å². The summed E-state index contributed by atoms with van der Waals surface area (Å²) in [6.07, 6.45) is 4.81. The summed E-state index contributed by atoms with van der Waals surface area (Å²) >= 11 is 0. The fourth-order valence-electron chi connectivity index (χ4n) is 2.89. The van der Waals surface area contributed by atoms with E-state index in [-0.39, 0.29) is 12.5 Å². The Hall–Kier alpha value is -0.610. The molecule has 0 saturated carbocycles. The molecule has 1 unspecified atom stereocenters. The van der Waals surface area contributed by atoms with Crippen molar-refractivity contribution in [3.63, 3.8) is 0 Å². The lowest BCUT2D eigenvalue weighted by Gasteiger charge is -2.35. The van der Waals surface area contributed by atoms with Crippen molar-refractivity contribution in [1.82, 2.24) is 4.90 Å². The largest absolute Gasteiger partial charge is 0.396 e. The lowest BCUT2D eigenvalue weighted by molar-refractivity contribution is -0.140. The second-order valence-electron chi connectivity index (χ2n) is 5.19. The van der Waals surface area contributed by atoms with Gasteiger partial charge in [0, 0.05) is 38.8 Å². The van der Waals surface area contributed by atoms with E-state index in [1.807, 2.05) is 4.90 Å². The third-order valence-corrected chi connectivity index (χ3v) is 3.94. The van der Waals surface area contributed by atoms with E-state index in [0.717, 1.165) is 58.4 Å². The van der Waals surface area contributed by atoms with Gasteiger partial charge in [0.2, 0.25) is 5.91 Å². The Morgan fingerprint density at radius 3 is 2.76 bits per heavy atom. The highest BCUT2D eigenvalue weighted by atomic mass is 16.5. The molecule has 98 valence electrons. The molecule has 0 radical (unpaired) electrons. The standard InChI is InChI=1S/C13H23NO3/c15-7-3-11-2-1-6-14(10-11)13(16)12-4-8-17-9-5-12/h11-12,15H,1-10H2. The lowest BCUT2D eigenvalue weighted by atomic mass is 9.92. The van der Waals surface area contributed by atoms with Crippen LogP contribution >= 0.6 is 0 Å². The maximum atomic E-state index is 12.3. The average Bonchev–Trinajstić information content (AvgIpc) is 2.40. The van der Waals surface area contributed by atoms with Crippen LogP contribution in [-0.4, -0.2) is 48.8 Å². The summed E-state index contributed by atoms with van der Waals surface area (Å²) in [5.74, 6) is 0.991. The molecule has 0 aromatic rings. The third-order valence-electron chi connectivity index (χ3n) is 3.94. The van der Waals surface area contributed by atoms with Crippen LogP contribution in [0.2, 0.25) is 0 Å². The van der Waals surface area contributed by atoms with Crippen molar-refractivity contribution in [3.05, 3.63) is 0 Å². The van der Waals surface area contributed by atoms with Gasteiger partial charge < -0.3 is 14.7 Å². The molecule has 0 spiro atoms. The highest BCUT2D eigenvalue weighted by Crippen LogP contribution is 2.24.